The molecular weight excluding hydrogens is 206 g/mol. The lowest BCUT2D eigenvalue weighted by Gasteiger charge is -2.09. The average molecular weight is 219 g/mol. The fourth-order valence-electron chi connectivity index (χ4n) is 1.85. The van der Waals surface area contributed by atoms with Gasteiger partial charge in [-0.05, 0) is 41.3 Å². The van der Waals surface area contributed by atoms with E-state index in [1.54, 1.807) is 14.2 Å². The Morgan fingerprint density at radius 2 is 1.94 bits per heavy atom. The first kappa shape index (κ1) is 10.5. The highest BCUT2D eigenvalue weighted by Gasteiger charge is 2.15. The first-order chi connectivity index (χ1) is 7.78. The van der Waals surface area contributed by atoms with Gasteiger partial charge in [0.05, 0.1) is 20.4 Å². The van der Waals surface area contributed by atoms with Crippen LogP contribution in [-0.2, 0) is 6.42 Å². The minimum atomic E-state index is 0.708. The van der Waals surface area contributed by atoms with E-state index in [9.17, 15) is 0 Å². The van der Waals surface area contributed by atoms with Crippen molar-refractivity contribution in [2.24, 2.45) is 5.16 Å². The highest BCUT2D eigenvalue weighted by molar-refractivity contribution is 5.89. The molecule has 0 unspecified atom stereocenters. The minimum absolute atomic E-state index is 0.708. The third-order valence-corrected chi connectivity index (χ3v) is 2.60. The summed E-state index contributed by atoms with van der Waals surface area (Å²) >= 11 is 0. The number of nitrogens with zero attached hydrogens (tertiary/aromatic N) is 1. The first-order valence-electron chi connectivity index (χ1n) is 4.91. The molecule has 2 rings (SSSR count). The van der Waals surface area contributed by atoms with Crippen molar-refractivity contribution in [2.75, 3.05) is 14.2 Å². The number of hydrogen-bond acceptors (Lipinski definition) is 4. The van der Waals surface area contributed by atoms with Crippen molar-refractivity contribution in [1.82, 2.24) is 0 Å². The first-order valence-corrected chi connectivity index (χ1v) is 4.91. The maximum absolute atomic E-state index is 8.49. The second-order valence-electron chi connectivity index (χ2n) is 3.55. The zero-order valence-electron chi connectivity index (χ0n) is 9.23. The average Bonchev–Trinajstić information content (AvgIpc) is 2.68. The summed E-state index contributed by atoms with van der Waals surface area (Å²) in [5.41, 5.74) is 3.19. The molecule has 16 heavy (non-hydrogen) atoms. The fourth-order valence-corrected chi connectivity index (χ4v) is 1.85. The van der Waals surface area contributed by atoms with Crippen LogP contribution in [-0.4, -0.2) is 25.6 Å². The van der Waals surface area contributed by atoms with E-state index in [1.165, 1.54) is 6.21 Å². The van der Waals surface area contributed by atoms with Gasteiger partial charge in [0.25, 0.3) is 0 Å². The lowest BCUT2D eigenvalue weighted by molar-refractivity contribution is 0.321. The third-order valence-electron chi connectivity index (χ3n) is 2.60. The Balaban J connectivity index is 2.40. The molecule has 0 radical (unpaired) electrons. The van der Waals surface area contributed by atoms with Crippen LogP contribution in [0.3, 0.4) is 0 Å². The van der Waals surface area contributed by atoms with Crippen LogP contribution in [0.1, 0.15) is 11.1 Å². The summed E-state index contributed by atoms with van der Waals surface area (Å²) in [6.07, 6.45) is 4.16. The monoisotopic (exact) mass is 219 g/mol. The molecule has 0 aliphatic heterocycles. The van der Waals surface area contributed by atoms with E-state index >= 15 is 0 Å². The van der Waals surface area contributed by atoms with E-state index in [2.05, 4.69) is 5.16 Å². The fraction of sp³-hybridized carbons (Fsp3) is 0.250. The van der Waals surface area contributed by atoms with Crippen LogP contribution in [0.4, 0.5) is 0 Å². The number of hydrogen-bond donors (Lipinski definition) is 1. The van der Waals surface area contributed by atoms with E-state index in [4.69, 9.17) is 14.7 Å². The molecule has 1 N–H and O–H groups in total. The Hall–Kier alpha value is -1.97. The molecule has 0 spiro atoms. The molecule has 1 aromatic rings. The van der Waals surface area contributed by atoms with Gasteiger partial charge >= 0.3 is 0 Å². The predicted octanol–water partition coefficient (Wildman–Crippen LogP) is 2.10. The van der Waals surface area contributed by atoms with Crippen molar-refractivity contribution < 1.29 is 14.7 Å². The van der Waals surface area contributed by atoms with Gasteiger partial charge in [-0.15, -0.1) is 0 Å². The molecule has 0 amide bonds. The maximum atomic E-state index is 8.49. The van der Waals surface area contributed by atoms with E-state index < -0.39 is 0 Å². The van der Waals surface area contributed by atoms with Gasteiger partial charge in [-0.2, -0.15) is 0 Å². The lowest BCUT2D eigenvalue weighted by Crippen LogP contribution is -1.93. The van der Waals surface area contributed by atoms with Gasteiger partial charge in [-0.1, -0.05) is 5.16 Å². The highest BCUT2D eigenvalue weighted by atomic mass is 16.5. The maximum Gasteiger partial charge on any atom is 0.161 e. The van der Waals surface area contributed by atoms with E-state index in [0.717, 1.165) is 28.9 Å². The van der Waals surface area contributed by atoms with Gasteiger partial charge in [0.1, 0.15) is 0 Å². The SMILES string of the molecule is COc1cc2c(cc1OC)CC(C=NO)=C2. The normalized spacial score (nSPS) is 13.8. The van der Waals surface area contributed by atoms with Crippen LogP contribution >= 0.6 is 0 Å². The summed E-state index contributed by atoms with van der Waals surface area (Å²) in [5.74, 6) is 1.43. The Labute approximate surface area is 93.8 Å². The molecule has 0 saturated carbocycles. The summed E-state index contributed by atoms with van der Waals surface area (Å²) < 4.78 is 10.4. The summed E-state index contributed by atoms with van der Waals surface area (Å²) in [6, 6.07) is 3.87. The van der Waals surface area contributed by atoms with Crippen molar-refractivity contribution >= 4 is 12.3 Å². The zero-order valence-corrected chi connectivity index (χ0v) is 9.23. The Morgan fingerprint density at radius 1 is 1.25 bits per heavy atom. The number of fused-ring (bicyclic) bond motifs is 1. The second-order valence-corrected chi connectivity index (χ2v) is 3.55. The molecule has 0 saturated heterocycles. The Morgan fingerprint density at radius 3 is 2.56 bits per heavy atom. The molecule has 0 fully saturated rings. The largest absolute Gasteiger partial charge is 0.493 e. The van der Waals surface area contributed by atoms with Gasteiger partial charge in [0, 0.05) is 0 Å². The molecule has 0 heterocycles. The molecule has 0 atom stereocenters. The summed E-state index contributed by atoms with van der Waals surface area (Å²) in [4.78, 5) is 0. The van der Waals surface area contributed by atoms with Gasteiger partial charge < -0.3 is 14.7 Å². The van der Waals surface area contributed by atoms with Crippen molar-refractivity contribution in [2.45, 2.75) is 6.42 Å². The number of ether oxygens (including phenoxy) is 2. The quantitative estimate of drug-likeness (QED) is 0.481. The van der Waals surface area contributed by atoms with Crippen molar-refractivity contribution in [1.29, 1.82) is 0 Å². The van der Waals surface area contributed by atoms with Crippen LogP contribution in [0, 0.1) is 0 Å². The number of oxime groups is 1. The minimum Gasteiger partial charge on any atom is -0.493 e. The topological polar surface area (TPSA) is 51.0 Å². The van der Waals surface area contributed by atoms with Gasteiger partial charge in [-0.3, -0.25) is 0 Å². The number of methoxy groups -OCH3 is 2. The van der Waals surface area contributed by atoms with Gasteiger partial charge in [0.15, 0.2) is 11.5 Å². The second kappa shape index (κ2) is 4.26. The highest BCUT2D eigenvalue weighted by Crippen LogP contribution is 2.35. The van der Waals surface area contributed by atoms with E-state index in [1.807, 2.05) is 18.2 Å². The molecule has 1 aliphatic carbocycles. The van der Waals surface area contributed by atoms with Crippen molar-refractivity contribution in [3.05, 3.63) is 28.8 Å². The molecule has 4 heteroatoms. The smallest absolute Gasteiger partial charge is 0.161 e. The molecule has 0 aromatic heterocycles. The molecule has 1 aromatic carbocycles. The number of allylic oxidation sites excluding steroid dienone is 1. The summed E-state index contributed by atoms with van der Waals surface area (Å²) in [7, 11) is 3.22. The lowest BCUT2D eigenvalue weighted by atomic mass is 10.1. The van der Waals surface area contributed by atoms with Crippen LogP contribution < -0.4 is 9.47 Å². The Kier molecular flexibility index (Phi) is 2.81. The Bertz CT molecular complexity index is 464. The molecule has 84 valence electrons. The van der Waals surface area contributed by atoms with E-state index in [-0.39, 0.29) is 0 Å². The van der Waals surface area contributed by atoms with E-state index in [0.29, 0.717) is 5.75 Å². The molecule has 4 nitrogen and oxygen atoms in total. The van der Waals surface area contributed by atoms with Crippen LogP contribution in [0.15, 0.2) is 22.9 Å². The zero-order chi connectivity index (χ0) is 11.5. The van der Waals surface area contributed by atoms with Crippen LogP contribution in [0.2, 0.25) is 0 Å². The van der Waals surface area contributed by atoms with Gasteiger partial charge in [-0.25, -0.2) is 0 Å². The summed E-state index contributed by atoms with van der Waals surface area (Å²) in [5, 5.41) is 11.5. The van der Waals surface area contributed by atoms with Crippen LogP contribution in [0.25, 0.3) is 6.08 Å². The number of rotatable bonds is 3. The summed E-state index contributed by atoms with van der Waals surface area (Å²) in [6.45, 7) is 0. The predicted molar refractivity (Wildman–Crippen MR) is 61.5 cm³/mol. The van der Waals surface area contributed by atoms with Gasteiger partial charge in [0.2, 0.25) is 0 Å². The van der Waals surface area contributed by atoms with Crippen molar-refractivity contribution in [3.8, 4) is 11.5 Å². The molecule has 0 bridgehead atoms. The van der Waals surface area contributed by atoms with Crippen molar-refractivity contribution in [3.63, 3.8) is 0 Å². The van der Waals surface area contributed by atoms with Crippen LogP contribution in [0.5, 0.6) is 11.5 Å². The molecular formula is C12H13NO3. The standard InChI is InChI=1S/C12H13NO3/c1-15-11-5-9-3-8(7-13-14)4-10(9)6-12(11)16-2/h3,5-7,14H,4H2,1-2H3. The number of benzene rings is 1. The molecule has 1 aliphatic rings. The third kappa shape index (κ3) is 1.74.